The molecule has 1 heterocycles. The lowest BCUT2D eigenvalue weighted by Gasteiger charge is -2.33. The third-order valence-electron chi connectivity index (χ3n) is 6.33. The molecule has 0 spiro atoms. The van der Waals surface area contributed by atoms with Gasteiger partial charge in [-0.3, -0.25) is 14.6 Å². The molecule has 1 aromatic heterocycles. The summed E-state index contributed by atoms with van der Waals surface area (Å²) < 4.78 is 15.1. The van der Waals surface area contributed by atoms with Crippen molar-refractivity contribution in [2.75, 3.05) is 0 Å². The van der Waals surface area contributed by atoms with Gasteiger partial charge in [-0.25, -0.2) is 4.39 Å². The molecule has 0 bridgehead atoms. The number of hydrogen-bond acceptors (Lipinski definition) is 3. The summed E-state index contributed by atoms with van der Waals surface area (Å²) in [5.74, 6) is -1.31. The first kappa shape index (κ1) is 23.6. The fourth-order valence-electron chi connectivity index (χ4n) is 4.48. The summed E-state index contributed by atoms with van der Waals surface area (Å²) in [5, 5.41) is 3.11. The molecule has 34 heavy (non-hydrogen) atoms. The number of hydrogen-bond donors (Lipinski definition) is 1. The van der Waals surface area contributed by atoms with E-state index in [-0.39, 0.29) is 29.8 Å². The number of rotatable bonds is 7. The summed E-state index contributed by atoms with van der Waals surface area (Å²) in [4.78, 5) is 33.0. The molecule has 1 saturated carbocycles. The summed E-state index contributed by atoms with van der Waals surface area (Å²) in [7, 11) is 0. The van der Waals surface area contributed by atoms with Crippen molar-refractivity contribution >= 4 is 11.8 Å². The van der Waals surface area contributed by atoms with Crippen LogP contribution < -0.4 is 5.32 Å². The average Bonchev–Trinajstić information content (AvgIpc) is 2.86. The predicted octanol–water partition coefficient (Wildman–Crippen LogP) is 5.36. The van der Waals surface area contributed by atoms with E-state index in [1.807, 2.05) is 31.2 Å². The van der Waals surface area contributed by atoms with Crippen LogP contribution in [-0.2, 0) is 11.3 Å². The van der Waals surface area contributed by atoms with Crippen molar-refractivity contribution in [3.63, 3.8) is 0 Å². The average molecular weight is 460 g/mol. The van der Waals surface area contributed by atoms with Crippen LogP contribution in [-0.4, -0.2) is 27.7 Å². The number of benzene rings is 2. The van der Waals surface area contributed by atoms with Crippen LogP contribution in [0.15, 0.2) is 72.9 Å². The van der Waals surface area contributed by atoms with Gasteiger partial charge in [0.2, 0.25) is 5.91 Å². The second-order valence-corrected chi connectivity index (χ2v) is 8.90. The zero-order valence-electron chi connectivity index (χ0n) is 19.4. The van der Waals surface area contributed by atoms with Gasteiger partial charge in [0.1, 0.15) is 17.6 Å². The van der Waals surface area contributed by atoms with E-state index in [4.69, 9.17) is 0 Å². The first-order valence-electron chi connectivity index (χ1n) is 11.9. The molecule has 2 amide bonds. The van der Waals surface area contributed by atoms with Crippen LogP contribution in [0.4, 0.5) is 4.39 Å². The molecule has 0 radical (unpaired) electrons. The Balaban J connectivity index is 1.75. The van der Waals surface area contributed by atoms with Crippen LogP contribution in [0.25, 0.3) is 0 Å². The van der Waals surface area contributed by atoms with Gasteiger partial charge in [-0.05, 0) is 43.5 Å². The molecule has 5 nitrogen and oxygen atoms in total. The Hall–Kier alpha value is -3.54. The molecule has 1 N–H and O–H groups in total. The lowest BCUT2D eigenvalue weighted by molar-refractivity contribution is -0.127. The third-order valence-corrected chi connectivity index (χ3v) is 6.33. The van der Waals surface area contributed by atoms with Crippen LogP contribution in [0.5, 0.6) is 0 Å². The molecule has 0 aliphatic heterocycles. The molecule has 0 saturated heterocycles. The molecular weight excluding hydrogens is 429 g/mol. The molecule has 2 aromatic carbocycles. The van der Waals surface area contributed by atoms with Gasteiger partial charge in [0.15, 0.2) is 0 Å². The van der Waals surface area contributed by atoms with Gasteiger partial charge in [0.25, 0.3) is 5.91 Å². The molecule has 3 aromatic rings. The summed E-state index contributed by atoms with van der Waals surface area (Å²) in [6, 6.07) is 17.9. The molecule has 1 aliphatic rings. The maximum absolute atomic E-state index is 15.1. The van der Waals surface area contributed by atoms with Crippen LogP contribution in [0.1, 0.15) is 65.3 Å². The van der Waals surface area contributed by atoms with Gasteiger partial charge in [-0.1, -0.05) is 73.4 Å². The van der Waals surface area contributed by atoms with Crippen molar-refractivity contribution in [2.24, 2.45) is 0 Å². The number of halogens is 1. The fourth-order valence-corrected chi connectivity index (χ4v) is 4.48. The molecule has 1 atom stereocenters. The van der Waals surface area contributed by atoms with Gasteiger partial charge in [-0.2, -0.15) is 0 Å². The number of nitrogens with one attached hydrogen (secondary N) is 1. The topological polar surface area (TPSA) is 62.3 Å². The van der Waals surface area contributed by atoms with Gasteiger partial charge < -0.3 is 10.2 Å². The van der Waals surface area contributed by atoms with E-state index in [0.717, 1.165) is 43.2 Å². The van der Waals surface area contributed by atoms with E-state index >= 15 is 4.39 Å². The van der Waals surface area contributed by atoms with Crippen molar-refractivity contribution in [3.05, 3.63) is 101 Å². The van der Waals surface area contributed by atoms with Gasteiger partial charge >= 0.3 is 0 Å². The minimum absolute atomic E-state index is 0.0294. The van der Waals surface area contributed by atoms with E-state index in [1.165, 1.54) is 17.2 Å². The normalized spacial score (nSPS) is 14.9. The minimum Gasteiger partial charge on any atom is -0.351 e. The zero-order chi connectivity index (χ0) is 23.9. The highest BCUT2D eigenvalue weighted by Gasteiger charge is 2.35. The Kier molecular flexibility index (Phi) is 7.68. The molecule has 176 valence electrons. The zero-order valence-corrected chi connectivity index (χ0v) is 19.4. The summed E-state index contributed by atoms with van der Waals surface area (Å²) in [6.07, 6.45) is 6.58. The SMILES string of the molecule is Cc1ccc(CN(C(=O)c2ccccn2)[C@@H](C(=O)NC2CCCCC2)c2ccccc2F)cc1. The van der Waals surface area contributed by atoms with Gasteiger partial charge in [0.05, 0.1) is 0 Å². The van der Waals surface area contributed by atoms with E-state index in [0.29, 0.717) is 0 Å². The van der Waals surface area contributed by atoms with Crippen LogP contribution in [0, 0.1) is 12.7 Å². The summed E-state index contributed by atoms with van der Waals surface area (Å²) in [5.41, 5.74) is 2.32. The second kappa shape index (κ2) is 11.1. The number of nitrogens with zero attached hydrogens (tertiary/aromatic N) is 2. The van der Waals surface area contributed by atoms with E-state index in [2.05, 4.69) is 10.3 Å². The number of carbonyl (C=O) groups is 2. The number of pyridine rings is 1. The third kappa shape index (κ3) is 5.68. The van der Waals surface area contributed by atoms with Crippen LogP contribution in [0.3, 0.4) is 0 Å². The molecule has 0 unspecified atom stereocenters. The van der Waals surface area contributed by atoms with Gasteiger partial charge in [-0.15, -0.1) is 0 Å². The van der Waals surface area contributed by atoms with E-state index < -0.39 is 17.8 Å². The van der Waals surface area contributed by atoms with Crippen molar-refractivity contribution in [1.29, 1.82) is 0 Å². The highest BCUT2D eigenvalue weighted by molar-refractivity contribution is 5.96. The highest BCUT2D eigenvalue weighted by atomic mass is 19.1. The lowest BCUT2D eigenvalue weighted by Crippen LogP contribution is -2.47. The monoisotopic (exact) mass is 459 g/mol. The van der Waals surface area contributed by atoms with Crippen molar-refractivity contribution < 1.29 is 14.0 Å². The summed E-state index contributed by atoms with van der Waals surface area (Å²) in [6.45, 7) is 2.13. The largest absolute Gasteiger partial charge is 0.351 e. The van der Waals surface area contributed by atoms with Crippen LogP contribution in [0.2, 0.25) is 0 Å². The summed E-state index contributed by atoms with van der Waals surface area (Å²) >= 11 is 0. The lowest BCUT2D eigenvalue weighted by atomic mass is 9.94. The molecule has 1 fully saturated rings. The number of carbonyl (C=O) groups excluding carboxylic acids is 2. The Bertz CT molecular complexity index is 1110. The number of amides is 2. The molecular formula is C28H30FN3O2. The molecule has 1 aliphatic carbocycles. The number of aryl methyl sites for hydroxylation is 1. The Morgan fingerprint density at radius 3 is 2.38 bits per heavy atom. The molecule has 4 rings (SSSR count). The standard InChI is InChI=1S/C28H30FN3O2/c1-20-14-16-21(17-15-20)19-32(28(34)25-13-7-8-18-30-25)26(23-11-5-6-12-24(23)29)27(33)31-22-9-3-2-4-10-22/h5-8,11-18,22,26H,2-4,9-10,19H2,1H3,(H,31,33)/t26-/m1/s1. The smallest absolute Gasteiger partial charge is 0.273 e. The minimum atomic E-state index is -1.13. The van der Waals surface area contributed by atoms with Gasteiger partial charge in [0, 0.05) is 24.3 Å². The Labute approximate surface area is 200 Å². The van der Waals surface area contributed by atoms with Crippen molar-refractivity contribution in [2.45, 2.75) is 57.7 Å². The fraction of sp³-hybridized carbons (Fsp3) is 0.321. The number of aromatic nitrogens is 1. The van der Waals surface area contributed by atoms with E-state index in [1.54, 1.807) is 36.4 Å². The maximum Gasteiger partial charge on any atom is 0.273 e. The second-order valence-electron chi connectivity index (χ2n) is 8.90. The maximum atomic E-state index is 15.1. The first-order valence-corrected chi connectivity index (χ1v) is 11.9. The Morgan fingerprint density at radius 1 is 1.00 bits per heavy atom. The first-order chi connectivity index (χ1) is 16.5. The predicted molar refractivity (Wildman–Crippen MR) is 129 cm³/mol. The Morgan fingerprint density at radius 2 is 1.71 bits per heavy atom. The highest BCUT2D eigenvalue weighted by Crippen LogP contribution is 2.29. The van der Waals surface area contributed by atoms with Crippen molar-refractivity contribution in [3.8, 4) is 0 Å². The van der Waals surface area contributed by atoms with E-state index in [9.17, 15) is 9.59 Å². The van der Waals surface area contributed by atoms with Crippen molar-refractivity contribution in [1.82, 2.24) is 15.2 Å². The molecule has 6 heteroatoms. The quantitative estimate of drug-likeness (QED) is 0.517. The van der Waals surface area contributed by atoms with Crippen LogP contribution >= 0.6 is 0 Å².